The van der Waals surface area contributed by atoms with E-state index in [1.54, 1.807) is 18.3 Å². The van der Waals surface area contributed by atoms with Gasteiger partial charge in [-0.2, -0.15) is 0 Å². The summed E-state index contributed by atoms with van der Waals surface area (Å²) >= 11 is 1.67. The molecular weight excluding hydrogens is 248 g/mol. The van der Waals surface area contributed by atoms with E-state index in [1.807, 2.05) is 6.92 Å². The van der Waals surface area contributed by atoms with Crippen LogP contribution in [0.4, 0.5) is 0 Å². The maximum absolute atomic E-state index is 10.7. The van der Waals surface area contributed by atoms with Crippen molar-refractivity contribution >= 4 is 17.3 Å². The van der Waals surface area contributed by atoms with Gasteiger partial charge in [0.1, 0.15) is 5.01 Å². The van der Waals surface area contributed by atoms with Crippen molar-refractivity contribution in [3.8, 4) is 0 Å². The smallest absolute Gasteiger partial charge is 0.306 e. The molecular formula is C13H22N2O2S. The second-order valence-corrected chi connectivity index (χ2v) is 5.78. The summed E-state index contributed by atoms with van der Waals surface area (Å²) in [5.41, 5.74) is 1.07. The molecule has 2 N–H and O–H groups in total. The molecule has 1 aromatic heterocycles. The highest BCUT2D eigenvalue weighted by molar-refractivity contribution is 7.09. The minimum atomic E-state index is -0.700. The molecule has 1 rings (SSSR count). The monoisotopic (exact) mass is 270 g/mol. The third-order valence-electron chi connectivity index (χ3n) is 2.96. The number of nitrogens with one attached hydrogen (secondary N) is 1. The van der Waals surface area contributed by atoms with E-state index < -0.39 is 5.97 Å². The summed E-state index contributed by atoms with van der Waals surface area (Å²) in [5, 5.41) is 15.4. The van der Waals surface area contributed by atoms with Crippen LogP contribution in [0.3, 0.4) is 0 Å². The zero-order valence-corrected chi connectivity index (χ0v) is 12.1. The van der Waals surface area contributed by atoms with Crippen LogP contribution in [0.5, 0.6) is 0 Å². The quantitative estimate of drug-likeness (QED) is 0.762. The van der Waals surface area contributed by atoms with Crippen LogP contribution >= 0.6 is 11.3 Å². The number of hydrogen-bond donors (Lipinski definition) is 2. The topological polar surface area (TPSA) is 62.2 Å². The number of hydrogen-bond acceptors (Lipinski definition) is 4. The molecule has 102 valence electrons. The lowest BCUT2D eigenvalue weighted by atomic mass is 10.0. The van der Waals surface area contributed by atoms with Gasteiger partial charge in [-0.15, -0.1) is 11.3 Å². The van der Waals surface area contributed by atoms with E-state index >= 15 is 0 Å². The number of carboxylic acid groups (broad SMARTS) is 1. The Labute approximate surface area is 112 Å². The van der Waals surface area contributed by atoms with Crippen molar-refractivity contribution in [2.24, 2.45) is 5.92 Å². The summed E-state index contributed by atoms with van der Waals surface area (Å²) in [5.74, 6) is -0.937. The molecule has 0 aliphatic carbocycles. The van der Waals surface area contributed by atoms with Crippen LogP contribution in [0.15, 0.2) is 5.38 Å². The highest BCUT2D eigenvalue weighted by Gasteiger charge is 2.11. The Morgan fingerprint density at radius 1 is 1.50 bits per heavy atom. The van der Waals surface area contributed by atoms with E-state index in [4.69, 9.17) is 5.11 Å². The van der Waals surface area contributed by atoms with Gasteiger partial charge in [0.15, 0.2) is 0 Å². The molecule has 0 aromatic carbocycles. The Morgan fingerprint density at radius 2 is 2.22 bits per heavy atom. The maximum atomic E-state index is 10.7. The zero-order valence-electron chi connectivity index (χ0n) is 11.3. The number of carbonyl (C=O) groups is 1. The Bertz CT molecular complexity index is 379. The highest BCUT2D eigenvalue weighted by Crippen LogP contribution is 2.11. The Hall–Kier alpha value is -0.940. The third-order valence-corrected chi connectivity index (χ3v) is 3.93. The van der Waals surface area contributed by atoms with Crippen LogP contribution in [-0.2, 0) is 11.3 Å². The first-order valence-electron chi connectivity index (χ1n) is 6.36. The number of rotatable bonds is 8. The van der Waals surface area contributed by atoms with E-state index in [1.165, 1.54) is 0 Å². The summed E-state index contributed by atoms with van der Waals surface area (Å²) in [6.45, 7) is 6.69. The van der Waals surface area contributed by atoms with Gasteiger partial charge >= 0.3 is 5.97 Å². The molecule has 0 aliphatic rings. The predicted octanol–water partition coefficient (Wildman–Crippen LogP) is 2.82. The van der Waals surface area contributed by atoms with Gasteiger partial charge < -0.3 is 10.4 Å². The fourth-order valence-electron chi connectivity index (χ4n) is 1.70. The Morgan fingerprint density at radius 3 is 2.78 bits per heavy atom. The zero-order chi connectivity index (χ0) is 13.5. The van der Waals surface area contributed by atoms with Crippen LogP contribution in [0.25, 0.3) is 0 Å². The summed E-state index contributed by atoms with van der Waals surface area (Å²) in [6, 6.07) is 0.398. The molecule has 2 atom stereocenters. The summed E-state index contributed by atoms with van der Waals surface area (Å²) < 4.78 is 0. The number of nitrogens with zero attached hydrogens (tertiary/aromatic N) is 1. The first-order valence-corrected chi connectivity index (χ1v) is 7.24. The largest absolute Gasteiger partial charge is 0.481 e. The number of aromatic nitrogens is 1. The van der Waals surface area contributed by atoms with Gasteiger partial charge in [-0.25, -0.2) is 4.98 Å². The average molecular weight is 270 g/mol. The molecule has 5 heteroatoms. The first-order chi connectivity index (χ1) is 8.49. The predicted molar refractivity (Wildman–Crippen MR) is 73.8 cm³/mol. The summed E-state index contributed by atoms with van der Waals surface area (Å²) in [7, 11) is 0. The lowest BCUT2D eigenvalue weighted by Crippen LogP contribution is -2.25. The molecule has 0 saturated carbocycles. The molecule has 0 fully saturated rings. The van der Waals surface area contributed by atoms with Crippen molar-refractivity contribution in [3.63, 3.8) is 0 Å². The standard InChI is InChI=1S/C13H22N2O2S/c1-9(13(16)17)5-4-6-10(2)14-7-12-15-11(3)8-18-12/h8-10,14H,4-7H2,1-3H3,(H,16,17). The third kappa shape index (κ3) is 5.60. The number of aryl methyl sites for hydroxylation is 1. The van der Waals surface area contributed by atoms with Gasteiger partial charge in [-0.3, -0.25) is 4.79 Å². The highest BCUT2D eigenvalue weighted by atomic mass is 32.1. The molecule has 1 aromatic rings. The van der Waals surface area contributed by atoms with Crippen LogP contribution in [0, 0.1) is 12.8 Å². The van der Waals surface area contributed by atoms with Gasteiger partial charge in [0.05, 0.1) is 5.92 Å². The normalized spacial score (nSPS) is 14.4. The van der Waals surface area contributed by atoms with Crippen LogP contribution in [0.2, 0.25) is 0 Å². The minimum Gasteiger partial charge on any atom is -0.481 e. The van der Waals surface area contributed by atoms with Gasteiger partial charge in [-0.05, 0) is 26.7 Å². The van der Waals surface area contributed by atoms with Gasteiger partial charge in [0.25, 0.3) is 0 Å². The Kier molecular flexibility index (Phi) is 6.29. The Balaban J connectivity index is 2.14. The molecule has 18 heavy (non-hydrogen) atoms. The first kappa shape index (κ1) is 15.1. The molecule has 1 heterocycles. The van der Waals surface area contributed by atoms with Crippen molar-refractivity contribution in [2.75, 3.05) is 0 Å². The maximum Gasteiger partial charge on any atom is 0.306 e. The van der Waals surface area contributed by atoms with Crippen LogP contribution in [0.1, 0.15) is 43.8 Å². The van der Waals surface area contributed by atoms with Gasteiger partial charge in [-0.1, -0.05) is 13.3 Å². The van der Waals surface area contributed by atoms with E-state index in [0.29, 0.717) is 6.04 Å². The second-order valence-electron chi connectivity index (χ2n) is 4.83. The molecule has 4 nitrogen and oxygen atoms in total. The molecule has 0 saturated heterocycles. The SMILES string of the molecule is Cc1csc(CNC(C)CCCC(C)C(=O)O)n1. The van der Waals surface area contributed by atoms with Crippen molar-refractivity contribution in [3.05, 3.63) is 16.1 Å². The summed E-state index contributed by atoms with van der Waals surface area (Å²) in [4.78, 5) is 15.1. The molecule has 2 unspecified atom stereocenters. The van der Waals surface area contributed by atoms with E-state index in [0.717, 1.165) is 36.5 Å². The summed E-state index contributed by atoms with van der Waals surface area (Å²) in [6.07, 6.45) is 2.69. The fraction of sp³-hybridized carbons (Fsp3) is 0.692. The van der Waals surface area contributed by atoms with Gasteiger partial charge in [0, 0.05) is 23.7 Å². The minimum absolute atomic E-state index is 0.237. The van der Waals surface area contributed by atoms with E-state index in [-0.39, 0.29) is 5.92 Å². The van der Waals surface area contributed by atoms with Crippen molar-refractivity contribution in [1.82, 2.24) is 10.3 Å². The van der Waals surface area contributed by atoms with Gasteiger partial charge in [0.2, 0.25) is 0 Å². The van der Waals surface area contributed by atoms with Crippen LogP contribution in [-0.4, -0.2) is 22.1 Å². The molecule has 0 aliphatic heterocycles. The second kappa shape index (κ2) is 7.48. The molecule has 0 radical (unpaired) electrons. The van der Waals surface area contributed by atoms with E-state index in [2.05, 4.69) is 22.6 Å². The van der Waals surface area contributed by atoms with Crippen molar-refractivity contribution in [1.29, 1.82) is 0 Å². The average Bonchev–Trinajstić information content (AvgIpc) is 2.72. The number of carboxylic acids is 1. The van der Waals surface area contributed by atoms with Crippen LogP contribution < -0.4 is 5.32 Å². The van der Waals surface area contributed by atoms with E-state index in [9.17, 15) is 4.79 Å². The molecule has 0 amide bonds. The molecule has 0 bridgehead atoms. The number of aliphatic carboxylic acids is 1. The lowest BCUT2D eigenvalue weighted by molar-refractivity contribution is -0.141. The molecule has 0 spiro atoms. The number of thiazole rings is 1. The fourth-order valence-corrected chi connectivity index (χ4v) is 2.42. The lowest BCUT2D eigenvalue weighted by Gasteiger charge is -2.13. The van der Waals surface area contributed by atoms with Crippen molar-refractivity contribution in [2.45, 2.75) is 52.6 Å². The van der Waals surface area contributed by atoms with Crippen molar-refractivity contribution < 1.29 is 9.90 Å².